The van der Waals surface area contributed by atoms with E-state index in [-0.39, 0.29) is 12.5 Å². The molecule has 10 heteroatoms. The molecule has 1 aromatic heterocycles. The van der Waals surface area contributed by atoms with Gasteiger partial charge in [0.05, 0.1) is 18.7 Å². The Hall–Kier alpha value is -3.17. The number of nitrogens with zero attached hydrogens (tertiary/aromatic N) is 4. The highest BCUT2D eigenvalue weighted by atomic mass is 19.4. The highest BCUT2D eigenvalue weighted by Crippen LogP contribution is 2.29. The van der Waals surface area contributed by atoms with Crippen LogP contribution >= 0.6 is 0 Å². The lowest BCUT2D eigenvalue weighted by atomic mass is 10.1. The van der Waals surface area contributed by atoms with E-state index in [1.165, 1.54) is 30.6 Å². The summed E-state index contributed by atoms with van der Waals surface area (Å²) in [6, 6.07) is 4.43. The van der Waals surface area contributed by atoms with Crippen molar-refractivity contribution in [3.05, 3.63) is 53.6 Å². The van der Waals surface area contributed by atoms with Gasteiger partial charge in [-0.3, -0.25) is 9.59 Å². The van der Waals surface area contributed by atoms with Crippen LogP contribution in [0, 0.1) is 0 Å². The smallest absolute Gasteiger partial charge is 0.343 e. The van der Waals surface area contributed by atoms with Crippen molar-refractivity contribution in [1.29, 1.82) is 0 Å². The maximum atomic E-state index is 12.5. The van der Waals surface area contributed by atoms with Crippen molar-refractivity contribution in [3.63, 3.8) is 0 Å². The average molecular weight is 393 g/mol. The van der Waals surface area contributed by atoms with Crippen LogP contribution in [-0.4, -0.2) is 44.6 Å². The van der Waals surface area contributed by atoms with E-state index in [0.717, 1.165) is 18.6 Å². The summed E-state index contributed by atoms with van der Waals surface area (Å²) in [5.41, 5.74) is -0.311. The van der Waals surface area contributed by atoms with Gasteiger partial charge in [-0.25, -0.2) is 9.67 Å². The minimum absolute atomic E-state index is 0.176. The summed E-state index contributed by atoms with van der Waals surface area (Å²) in [7, 11) is 0. The van der Waals surface area contributed by atoms with E-state index in [9.17, 15) is 22.8 Å². The standard InChI is InChI=1S/C18H18F3N5O2/c19-18(20,21)14-5-2-13(3-6-14)4-7-16(27)22-10-17(28)25-8-1-9-26-15(11-25)23-12-24-26/h2-7,12H,1,8-11H2,(H,22,27)/b7-4+. The maximum absolute atomic E-state index is 12.5. The van der Waals surface area contributed by atoms with Crippen LogP contribution < -0.4 is 5.32 Å². The van der Waals surface area contributed by atoms with Gasteiger partial charge in [0.1, 0.15) is 12.2 Å². The Bertz CT molecular complexity index is 874. The van der Waals surface area contributed by atoms with Crippen LogP contribution in [0.3, 0.4) is 0 Å². The first-order valence-corrected chi connectivity index (χ1v) is 8.60. The van der Waals surface area contributed by atoms with Gasteiger partial charge < -0.3 is 10.2 Å². The molecule has 0 saturated carbocycles. The summed E-state index contributed by atoms with van der Waals surface area (Å²) in [5, 5.41) is 6.57. The second kappa shape index (κ2) is 8.24. The van der Waals surface area contributed by atoms with E-state index in [4.69, 9.17) is 0 Å². The third-order valence-corrected chi connectivity index (χ3v) is 4.26. The van der Waals surface area contributed by atoms with Crippen LogP contribution in [0.25, 0.3) is 6.08 Å². The lowest BCUT2D eigenvalue weighted by Crippen LogP contribution is -2.39. The van der Waals surface area contributed by atoms with Crippen molar-refractivity contribution in [3.8, 4) is 0 Å². The number of hydrogen-bond donors (Lipinski definition) is 1. The van der Waals surface area contributed by atoms with Crippen molar-refractivity contribution in [1.82, 2.24) is 25.0 Å². The lowest BCUT2D eigenvalue weighted by Gasteiger charge is -2.19. The Balaban J connectivity index is 1.50. The topological polar surface area (TPSA) is 80.1 Å². The molecule has 0 radical (unpaired) electrons. The largest absolute Gasteiger partial charge is 0.416 e. The molecular weight excluding hydrogens is 375 g/mol. The van der Waals surface area contributed by atoms with Crippen molar-refractivity contribution in [2.45, 2.75) is 25.7 Å². The fourth-order valence-electron chi connectivity index (χ4n) is 2.76. The predicted octanol–water partition coefficient (Wildman–Crippen LogP) is 1.86. The third kappa shape index (κ3) is 4.96. The van der Waals surface area contributed by atoms with Gasteiger partial charge in [-0.15, -0.1) is 0 Å². The van der Waals surface area contributed by atoms with Gasteiger partial charge in [-0.1, -0.05) is 12.1 Å². The Labute approximate surface area is 158 Å². The zero-order valence-electron chi connectivity index (χ0n) is 14.8. The molecule has 1 N–H and O–H groups in total. The van der Waals surface area contributed by atoms with Crippen LogP contribution in [0.2, 0.25) is 0 Å². The molecule has 0 unspecified atom stereocenters. The molecule has 148 valence electrons. The number of alkyl halides is 3. The number of halogens is 3. The van der Waals surface area contributed by atoms with Gasteiger partial charge in [0, 0.05) is 19.2 Å². The van der Waals surface area contributed by atoms with Crippen molar-refractivity contribution >= 4 is 17.9 Å². The van der Waals surface area contributed by atoms with E-state index in [2.05, 4.69) is 15.4 Å². The summed E-state index contributed by atoms with van der Waals surface area (Å²) < 4.78 is 39.3. The van der Waals surface area contributed by atoms with Gasteiger partial charge in [0.25, 0.3) is 0 Å². The van der Waals surface area contributed by atoms with Gasteiger partial charge in [-0.05, 0) is 30.2 Å². The van der Waals surface area contributed by atoms with E-state index >= 15 is 0 Å². The molecule has 1 aromatic carbocycles. The van der Waals surface area contributed by atoms with Crippen molar-refractivity contribution in [2.75, 3.05) is 13.1 Å². The van der Waals surface area contributed by atoms with Gasteiger partial charge >= 0.3 is 6.18 Å². The van der Waals surface area contributed by atoms with Crippen molar-refractivity contribution < 1.29 is 22.8 Å². The first-order chi connectivity index (χ1) is 13.3. The highest BCUT2D eigenvalue weighted by Gasteiger charge is 2.29. The molecule has 7 nitrogen and oxygen atoms in total. The molecule has 0 spiro atoms. The summed E-state index contributed by atoms with van der Waals surface area (Å²) in [6.07, 6.45) is 0.338. The van der Waals surface area contributed by atoms with Crippen LogP contribution in [0.5, 0.6) is 0 Å². The van der Waals surface area contributed by atoms with Crippen molar-refractivity contribution in [2.24, 2.45) is 0 Å². The number of carbonyl (C=O) groups excluding carboxylic acids is 2. The van der Waals surface area contributed by atoms with Gasteiger partial charge in [0.15, 0.2) is 0 Å². The minimum Gasteiger partial charge on any atom is -0.343 e. The number of fused-ring (bicyclic) bond motifs is 1. The monoisotopic (exact) mass is 393 g/mol. The Morgan fingerprint density at radius 3 is 2.64 bits per heavy atom. The van der Waals surface area contributed by atoms with Gasteiger partial charge in [-0.2, -0.15) is 18.3 Å². The zero-order valence-corrected chi connectivity index (χ0v) is 14.8. The molecule has 2 aromatic rings. The fraction of sp³-hybridized carbons (Fsp3) is 0.333. The third-order valence-electron chi connectivity index (χ3n) is 4.26. The molecule has 1 aliphatic heterocycles. The van der Waals surface area contributed by atoms with Crippen LogP contribution in [0.1, 0.15) is 23.4 Å². The Kier molecular flexibility index (Phi) is 5.76. The summed E-state index contributed by atoms with van der Waals surface area (Å²) in [4.78, 5) is 29.9. The number of aromatic nitrogens is 3. The van der Waals surface area contributed by atoms with E-state index in [0.29, 0.717) is 31.0 Å². The van der Waals surface area contributed by atoms with Gasteiger partial charge in [0.2, 0.25) is 11.8 Å². The second-order valence-corrected chi connectivity index (χ2v) is 6.24. The molecule has 0 atom stereocenters. The Morgan fingerprint density at radius 2 is 1.93 bits per heavy atom. The number of hydrogen-bond acceptors (Lipinski definition) is 4. The predicted molar refractivity (Wildman–Crippen MR) is 93.5 cm³/mol. The second-order valence-electron chi connectivity index (χ2n) is 6.24. The SMILES string of the molecule is O=C(/C=C/c1ccc(C(F)(F)F)cc1)NCC(=O)N1CCCn2ncnc2C1. The number of rotatable bonds is 4. The molecule has 28 heavy (non-hydrogen) atoms. The maximum Gasteiger partial charge on any atom is 0.416 e. The molecule has 3 rings (SSSR count). The number of nitrogens with one attached hydrogen (secondary N) is 1. The summed E-state index contributed by atoms with van der Waals surface area (Å²) in [6.45, 7) is 1.38. The van der Waals surface area contributed by atoms with E-state index in [1.54, 1.807) is 9.58 Å². The minimum atomic E-state index is -4.40. The lowest BCUT2D eigenvalue weighted by molar-refractivity contribution is -0.137. The normalized spacial score (nSPS) is 14.6. The number of benzene rings is 1. The molecule has 0 aliphatic carbocycles. The molecule has 2 heterocycles. The molecular formula is C18H18F3N5O2. The van der Waals surface area contributed by atoms with Crippen LogP contribution in [0.15, 0.2) is 36.7 Å². The number of carbonyl (C=O) groups is 2. The zero-order chi connectivity index (χ0) is 20.1. The fourth-order valence-corrected chi connectivity index (χ4v) is 2.76. The number of aryl methyl sites for hydroxylation is 1. The molecule has 0 saturated heterocycles. The average Bonchev–Trinajstić information content (AvgIpc) is 3.00. The Morgan fingerprint density at radius 1 is 1.18 bits per heavy atom. The molecule has 0 fully saturated rings. The molecule has 1 aliphatic rings. The first kappa shape index (κ1) is 19.6. The molecule has 0 bridgehead atoms. The van der Waals surface area contributed by atoms with E-state index < -0.39 is 17.6 Å². The quantitative estimate of drug-likeness (QED) is 0.805. The number of amides is 2. The first-order valence-electron chi connectivity index (χ1n) is 8.60. The highest BCUT2D eigenvalue weighted by molar-refractivity contribution is 5.94. The van der Waals surface area contributed by atoms with E-state index in [1.807, 2.05) is 0 Å². The summed E-state index contributed by atoms with van der Waals surface area (Å²) in [5.74, 6) is -0.0571. The summed E-state index contributed by atoms with van der Waals surface area (Å²) >= 11 is 0. The van der Waals surface area contributed by atoms with Crippen LogP contribution in [-0.2, 0) is 28.9 Å². The molecule has 2 amide bonds. The van der Waals surface area contributed by atoms with Crippen LogP contribution in [0.4, 0.5) is 13.2 Å².